The summed E-state index contributed by atoms with van der Waals surface area (Å²) in [4.78, 5) is 23.0. The minimum absolute atomic E-state index is 0.0729. The largest absolute Gasteiger partial charge is 0.488 e. The number of ether oxygens (including phenoxy) is 2. The fourth-order valence-electron chi connectivity index (χ4n) is 1.96. The SMILES string of the molecule is COC(=O)/C(=C/c1ccc(Cl)cc1Cl)COc1ccccc1C=O. The highest BCUT2D eigenvalue weighted by Gasteiger charge is 2.13. The first kappa shape index (κ1) is 18.0. The van der Waals surface area contributed by atoms with Crippen molar-refractivity contribution in [2.45, 2.75) is 0 Å². The number of para-hydroxylation sites is 1. The minimum atomic E-state index is -0.551. The average molecular weight is 365 g/mol. The molecule has 0 saturated heterocycles. The third-order valence-corrected chi connectivity index (χ3v) is 3.73. The van der Waals surface area contributed by atoms with Crippen LogP contribution in [0.2, 0.25) is 10.0 Å². The lowest BCUT2D eigenvalue weighted by Gasteiger charge is -2.10. The van der Waals surface area contributed by atoms with Crippen molar-refractivity contribution in [2.75, 3.05) is 13.7 Å². The lowest BCUT2D eigenvalue weighted by atomic mass is 10.1. The molecule has 0 heterocycles. The van der Waals surface area contributed by atoms with Gasteiger partial charge >= 0.3 is 5.97 Å². The molecule has 0 saturated carbocycles. The topological polar surface area (TPSA) is 52.6 Å². The van der Waals surface area contributed by atoms with Gasteiger partial charge in [0.05, 0.1) is 18.2 Å². The third kappa shape index (κ3) is 4.60. The average Bonchev–Trinajstić information content (AvgIpc) is 2.59. The Balaban J connectivity index is 2.27. The van der Waals surface area contributed by atoms with Crippen molar-refractivity contribution in [1.82, 2.24) is 0 Å². The van der Waals surface area contributed by atoms with Gasteiger partial charge in [-0.1, -0.05) is 41.4 Å². The van der Waals surface area contributed by atoms with Gasteiger partial charge in [0.15, 0.2) is 6.29 Å². The van der Waals surface area contributed by atoms with Crippen molar-refractivity contribution in [3.05, 3.63) is 69.2 Å². The number of esters is 1. The second-order valence-electron chi connectivity index (χ2n) is 4.77. The Bertz CT molecular complexity index is 784. The Hall–Kier alpha value is -2.30. The lowest BCUT2D eigenvalue weighted by molar-refractivity contribution is -0.136. The van der Waals surface area contributed by atoms with Crippen LogP contribution in [0.3, 0.4) is 0 Å². The Morgan fingerprint density at radius 1 is 1.12 bits per heavy atom. The monoisotopic (exact) mass is 364 g/mol. The molecule has 0 spiro atoms. The fraction of sp³-hybridized carbons (Fsp3) is 0.111. The molecule has 0 atom stereocenters. The van der Waals surface area contributed by atoms with Crippen molar-refractivity contribution in [2.24, 2.45) is 0 Å². The number of halogens is 2. The van der Waals surface area contributed by atoms with Gasteiger partial charge in [0, 0.05) is 10.0 Å². The summed E-state index contributed by atoms with van der Waals surface area (Å²) in [6.45, 7) is -0.0729. The molecule has 4 nitrogen and oxygen atoms in total. The maximum Gasteiger partial charge on any atom is 0.337 e. The van der Waals surface area contributed by atoms with Crippen LogP contribution in [0.4, 0.5) is 0 Å². The van der Waals surface area contributed by atoms with E-state index in [0.717, 1.165) is 0 Å². The predicted octanol–water partition coefficient (Wildman–Crippen LogP) is 4.44. The molecule has 2 aromatic carbocycles. The first-order chi connectivity index (χ1) is 11.5. The smallest absolute Gasteiger partial charge is 0.337 e. The number of hydrogen-bond donors (Lipinski definition) is 0. The summed E-state index contributed by atoms with van der Waals surface area (Å²) in [6.07, 6.45) is 2.25. The summed E-state index contributed by atoms with van der Waals surface area (Å²) in [5.41, 5.74) is 1.25. The van der Waals surface area contributed by atoms with Crippen LogP contribution in [0.1, 0.15) is 15.9 Å². The molecular weight excluding hydrogens is 351 g/mol. The number of hydrogen-bond acceptors (Lipinski definition) is 4. The molecule has 0 aliphatic carbocycles. The van der Waals surface area contributed by atoms with Crippen LogP contribution in [0.25, 0.3) is 6.08 Å². The second-order valence-corrected chi connectivity index (χ2v) is 5.61. The van der Waals surface area contributed by atoms with Crippen LogP contribution >= 0.6 is 23.2 Å². The summed E-state index contributed by atoms with van der Waals surface area (Å²) in [6, 6.07) is 11.7. The van der Waals surface area contributed by atoms with E-state index < -0.39 is 5.97 Å². The molecule has 0 bridgehead atoms. The number of benzene rings is 2. The minimum Gasteiger partial charge on any atom is -0.488 e. The molecule has 2 aromatic rings. The van der Waals surface area contributed by atoms with Gasteiger partial charge in [0.2, 0.25) is 0 Å². The molecule has 0 unspecified atom stereocenters. The summed E-state index contributed by atoms with van der Waals surface area (Å²) in [5, 5.41) is 0.894. The first-order valence-electron chi connectivity index (χ1n) is 6.96. The van der Waals surface area contributed by atoms with Crippen molar-refractivity contribution in [1.29, 1.82) is 0 Å². The van der Waals surface area contributed by atoms with Gasteiger partial charge in [0.1, 0.15) is 12.4 Å². The van der Waals surface area contributed by atoms with E-state index >= 15 is 0 Å². The van der Waals surface area contributed by atoms with E-state index in [9.17, 15) is 9.59 Å². The normalized spacial score (nSPS) is 11.0. The molecule has 0 aliphatic rings. The van der Waals surface area contributed by atoms with E-state index in [2.05, 4.69) is 0 Å². The molecule has 0 fully saturated rings. The second kappa shape index (κ2) is 8.52. The first-order valence-corrected chi connectivity index (χ1v) is 7.71. The molecule has 2 rings (SSSR count). The molecule has 0 aromatic heterocycles. The van der Waals surface area contributed by atoms with Crippen LogP contribution in [-0.2, 0) is 9.53 Å². The molecule has 0 N–H and O–H groups in total. The van der Waals surface area contributed by atoms with E-state index in [0.29, 0.717) is 33.2 Å². The zero-order chi connectivity index (χ0) is 17.5. The van der Waals surface area contributed by atoms with Crippen LogP contribution in [0.15, 0.2) is 48.0 Å². The Kier molecular flexibility index (Phi) is 6.41. The number of methoxy groups -OCH3 is 1. The molecular formula is C18H14Cl2O4. The third-order valence-electron chi connectivity index (χ3n) is 3.17. The summed E-state index contributed by atoms with van der Waals surface area (Å²) < 4.78 is 10.3. The number of rotatable bonds is 6. The van der Waals surface area contributed by atoms with E-state index in [1.165, 1.54) is 7.11 Å². The summed E-state index contributed by atoms with van der Waals surface area (Å²) in [5.74, 6) is -0.172. The lowest BCUT2D eigenvalue weighted by Crippen LogP contribution is -2.13. The van der Waals surface area contributed by atoms with Gasteiger partial charge in [-0.2, -0.15) is 0 Å². The molecule has 24 heavy (non-hydrogen) atoms. The molecule has 6 heteroatoms. The Morgan fingerprint density at radius 2 is 1.88 bits per heavy atom. The van der Waals surface area contributed by atoms with Gasteiger partial charge in [-0.05, 0) is 35.9 Å². The maximum absolute atomic E-state index is 12.0. The van der Waals surface area contributed by atoms with Crippen molar-refractivity contribution >= 4 is 41.5 Å². The quantitative estimate of drug-likeness (QED) is 0.431. The van der Waals surface area contributed by atoms with E-state index in [4.69, 9.17) is 32.7 Å². The van der Waals surface area contributed by atoms with Gasteiger partial charge in [-0.25, -0.2) is 4.79 Å². The standard InChI is InChI=1S/C18H14Cl2O4/c1-23-18(22)14(8-12-6-7-15(19)9-16(12)20)11-24-17-5-3-2-4-13(17)10-21/h2-10H,11H2,1H3/b14-8+. The van der Waals surface area contributed by atoms with E-state index in [1.807, 2.05) is 0 Å². The fourth-order valence-corrected chi connectivity index (χ4v) is 2.42. The van der Waals surface area contributed by atoms with Gasteiger partial charge in [-0.3, -0.25) is 4.79 Å². The van der Waals surface area contributed by atoms with Crippen molar-refractivity contribution in [3.8, 4) is 5.75 Å². The molecule has 0 amide bonds. The van der Waals surface area contributed by atoms with Crippen LogP contribution in [-0.4, -0.2) is 26.0 Å². The number of carbonyl (C=O) groups is 2. The summed E-state index contributed by atoms with van der Waals surface area (Å²) in [7, 11) is 1.28. The zero-order valence-corrected chi connectivity index (χ0v) is 14.3. The van der Waals surface area contributed by atoms with Crippen molar-refractivity contribution in [3.63, 3.8) is 0 Å². The highest BCUT2D eigenvalue weighted by atomic mass is 35.5. The van der Waals surface area contributed by atoms with Gasteiger partial charge in [0.25, 0.3) is 0 Å². The maximum atomic E-state index is 12.0. The van der Waals surface area contributed by atoms with Crippen LogP contribution in [0, 0.1) is 0 Å². The predicted molar refractivity (Wildman–Crippen MR) is 93.8 cm³/mol. The Morgan fingerprint density at radius 3 is 2.54 bits per heavy atom. The molecule has 0 aliphatic heterocycles. The molecule has 124 valence electrons. The number of aldehydes is 1. The van der Waals surface area contributed by atoms with Gasteiger partial charge in [-0.15, -0.1) is 0 Å². The highest BCUT2D eigenvalue weighted by molar-refractivity contribution is 6.35. The van der Waals surface area contributed by atoms with E-state index in [1.54, 1.807) is 48.5 Å². The molecule has 0 radical (unpaired) electrons. The summed E-state index contributed by atoms with van der Waals surface area (Å²) >= 11 is 12.0. The Labute approximate surface area is 149 Å². The van der Waals surface area contributed by atoms with Crippen molar-refractivity contribution < 1.29 is 19.1 Å². The van der Waals surface area contributed by atoms with E-state index in [-0.39, 0.29) is 12.2 Å². The van der Waals surface area contributed by atoms with Crippen LogP contribution < -0.4 is 4.74 Å². The zero-order valence-electron chi connectivity index (χ0n) is 12.8. The van der Waals surface area contributed by atoms with Crippen LogP contribution in [0.5, 0.6) is 5.75 Å². The van der Waals surface area contributed by atoms with Gasteiger partial charge < -0.3 is 9.47 Å². The number of carbonyl (C=O) groups excluding carboxylic acids is 2. The highest BCUT2D eigenvalue weighted by Crippen LogP contribution is 2.24.